The summed E-state index contributed by atoms with van der Waals surface area (Å²) in [5.74, 6) is 1.61. The van der Waals surface area contributed by atoms with Crippen LogP contribution in [0.1, 0.15) is 17.0 Å². The fourth-order valence-corrected chi connectivity index (χ4v) is 2.08. The van der Waals surface area contributed by atoms with Crippen LogP contribution in [0.15, 0.2) is 35.0 Å². The first kappa shape index (κ1) is 11.6. The molecule has 96 valence electrons. The van der Waals surface area contributed by atoms with Crippen LogP contribution >= 0.6 is 0 Å². The number of aryl methyl sites for hydroxylation is 2. The first-order valence-electron chi connectivity index (χ1n) is 6.12. The van der Waals surface area contributed by atoms with Crippen LogP contribution in [0.25, 0.3) is 10.8 Å². The minimum Gasteiger partial charge on any atom is -0.364 e. The summed E-state index contributed by atoms with van der Waals surface area (Å²) in [7, 11) is 0. The van der Waals surface area contributed by atoms with Gasteiger partial charge in [0, 0.05) is 22.9 Å². The van der Waals surface area contributed by atoms with E-state index in [0.29, 0.717) is 6.54 Å². The topological polar surface area (TPSA) is 63.8 Å². The number of nitrogens with one attached hydrogen (secondary N) is 1. The average Bonchev–Trinajstić information content (AvgIpc) is 2.76. The van der Waals surface area contributed by atoms with E-state index in [2.05, 4.69) is 20.7 Å². The van der Waals surface area contributed by atoms with Crippen molar-refractivity contribution in [1.29, 1.82) is 0 Å². The van der Waals surface area contributed by atoms with Crippen LogP contribution in [-0.2, 0) is 6.54 Å². The zero-order chi connectivity index (χ0) is 13.2. The summed E-state index contributed by atoms with van der Waals surface area (Å²) < 4.78 is 5.15. The van der Waals surface area contributed by atoms with Gasteiger partial charge in [0.05, 0.1) is 11.9 Å². The predicted octanol–water partition coefficient (Wildman–Crippen LogP) is 2.85. The second kappa shape index (κ2) is 4.68. The van der Waals surface area contributed by atoms with Crippen molar-refractivity contribution in [3.63, 3.8) is 0 Å². The standard InChI is InChI=1S/C14H14N4O/c1-9-13(10(2)19-18-9)8-15-14-12-6-4-3-5-11(12)7-16-17-14/h3-7H,8H2,1-2H3,(H,15,17). The third-order valence-electron chi connectivity index (χ3n) is 3.18. The first-order valence-corrected chi connectivity index (χ1v) is 6.12. The van der Waals surface area contributed by atoms with Gasteiger partial charge < -0.3 is 9.84 Å². The van der Waals surface area contributed by atoms with E-state index in [9.17, 15) is 0 Å². The lowest BCUT2D eigenvalue weighted by molar-refractivity contribution is 0.392. The number of benzene rings is 1. The molecule has 0 bridgehead atoms. The summed E-state index contributed by atoms with van der Waals surface area (Å²) in [5.41, 5.74) is 1.97. The second-order valence-corrected chi connectivity index (χ2v) is 4.44. The van der Waals surface area contributed by atoms with Gasteiger partial charge in [-0.25, -0.2) is 0 Å². The highest BCUT2D eigenvalue weighted by Gasteiger charge is 2.09. The van der Waals surface area contributed by atoms with Crippen molar-refractivity contribution in [3.8, 4) is 0 Å². The Morgan fingerprint density at radius 2 is 2.05 bits per heavy atom. The largest absolute Gasteiger partial charge is 0.364 e. The number of fused-ring (bicyclic) bond motifs is 1. The second-order valence-electron chi connectivity index (χ2n) is 4.44. The molecule has 0 saturated heterocycles. The molecule has 0 amide bonds. The molecule has 0 saturated carbocycles. The SMILES string of the molecule is Cc1noc(C)c1CNc1nncc2ccccc12. The van der Waals surface area contributed by atoms with Gasteiger partial charge in [-0.15, -0.1) is 5.10 Å². The number of anilines is 1. The molecule has 0 fully saturated rings. The molecule has 2 heterocycles. The van der Waals surface area contributed by atoms with E-state index in [0.717, 1.165) is 33.6 Å². The Bertz CT molecular complexity index is 696. The maximum absolute atomic E-state index is 5.15. The van der Waals surface area contributed by atoms with Gasteiger partial charge in [-0.05, 0) is 13.8 Å². The molecule has 0 aliphatic carbocycles. The fraction of sp³-hybridized carbons (Fsp3) is 0.214. The van der Waals surface area contributed by atoms with E-state index in [1.54, 1.807) is 6.20 Å². The normalized spacial score (nSPS) is 10.8. The number of hydrogen-bond acceptors (Lipinski definition) is 5. The van der Waals surface area contributed by atoms with Gasteiger partial charge in [0.15, 0.2) is 5.82 Å². The summed E-state index contributed by atoms with van der Waals surface area (Å²) in [6.45, 7) is 4.47. The average molecular weight is 254 g/mol. The van der Waals surface area contributed by atoms with E-state index in [1.807, 2.05) is 38.1 Å². The Labute approximate surface area is 110 Å². The highest BCUT2D eigenvalue weighted by atomic mass is 16.5. The number of rotatable bonds is 3. The molecular weight excluding hydrogens is 240 g/mol. The Hall–Kier alpha value is -2.43. The van der Waals surface area contributed by atoms with Crippen molar-refractivity contribution in [2.24, 2.45) is 0 Å². The Balaban J connectivity index is 1.90. The zero-order valence-electron chi connectivity index (χ0n) is 10.8. The maximum atomic E-state index is 5.15. The molecule has 0 unspecified atom stereocenters. The molecule has 5 nitrogen and oxygen atoms in total. The van der Waals surface area contributed by atoms with Crippen LogP contribution in [0, 0.1) is 13.8 Å². The van der Waals surface area contributed by atoms with Crippen molar-refractivity contribution < 1.29 is 4.52 Å². The summed E-state index contributed by atoms with van der Waals surface area (Å²) in [6.07, 6.45) is 1.76. The van der Waals surface area contributed by atoms with E-state index >= 15 is 0 Å². The molecule has 0 aliphatic rings. The maximum Gasteiger partial charge on any atom is 0.156 e. The Morgan fingerprint density at radius 3 is 2.84 bits per heavy atom. The van der Waals surface area contributed by atoms with Crippen molar-refractivity contribution in [2.75, 3.05) is 5.32 Å². The van der Waals surface area contributed by atoms with Crippen molar-refractivity contribution in [3.05, 3.63) is 47.5 Å². The summed E-state index contributed by atoms with van der Waals surface area (Å²) in [6, 6.07) is 8.03. The smallest absolute Gasteiger partial charge is 0.156 e. The molecule has 1 N–H and O–H groups in total. The van der Waals surface area contributed by atoms with E-state index < -0.39 is 0 Å². The molecule has 3 rings (SSSR count). The molecule has 3 aromatic rings. The van der Waals surface area contributed by atoms with Crippen molar-refractivity contribution in [2.45, 2.75) is 20.4 Å². The van der Waals surface area contributed by atoms with Gasteiger partial charge >= 0.3 is 0 Å². The van der Waals surface area contributed by atoms with E-state index in [4.69, 9.17) is 4.52 Å². The lowest BCUT2D eigenvalue weighted by Crippen LogP contribution is -2.04. The van der Waals surface area contributed by atoms with E-state index in [1.165, 1.54) is 0 Å². The van der Waals surface area contributed by atoms with Crippen LogP contribution < -0.4 is 5.32 Å². The third-order valence-corrected chi connectivity index (χ3v) is 3.18. The summed E-state index contributed by atoms with van der Waals surface area (Å²) >= 11 is 0. The van der Waals surface area contributed by atoms with Crippen LogP contribution in [0.3, 0.4) is 0 Å². The predicted molar refractivity (Wildman–Crippen MR) is 72.8 cm³/mol. The highest BCUT2D eigenvalue weighted by Crippen LogP contribution is 2.21. The van der Waals surface area contributed by atoms with Crippen LogP contribution in [0.2, 0.25) is 0 Å². The van der Waals surface area contributed by atoms with Gasteiger partial charge in [0.1, 0.15) is 5.76 Å². The lowest BCUT2D eigenvalue weighted by Gasteiger charge is -2.07. The van der Waals surface area contributed by atoms with Gasteiger partial charge in [-0.3, -0.25) is 0 Å². The monoisotopic (exact) mass is 254 g/mol. The van der Waals surface area contributed by atoms with Crippen molar-refractivity contribution >= 4 is 16.6 Å². The molecular formula is C14H14N4O. The zero-order valence-corrected chi connectivity index (χ0v) is 10.8. The van der Waals surface area contributed by atoms with Gasteiger partial charge in [0.25, 0.3) is 0 Å². The van der Waals surface area contributed by atoms with Crippen LogP contribution in [0.5, 0.6) is 0 Å². The molecule has 1 aromatic carbocycles. The third kappa shape index (κ3) is 2.14. The molecule has 0 aliphatic heterocycles. The van der Waals surface area contributed by atoms with Gasteiger partial charge in [-0.2, -0.15) is 5.10 Å². The molecule has 19 heavy (non-hydrogen) atoms. The molecule has 0 spiro atoms. The van der Waals surface area contributed by atoms with Gasteiger partial charge in [-0.1, -0.05) is 29.4 Å². The van der Waals surface area contributed by atoms with E-state index in [-0.39, 0.29) is 0 Å². The van der Waals surface area contributed by atoms with Crippen LogP contribution in [0.4, 0.5) is 5.82 Å². The highest BCUT2D eigenvalue weighted by molar-refractivity contribution is 5.90. The Morgan fingerprint density at radius 1 is 1.21 bits per heavy atom. The molecule has 2 aromatic heterocycles. The number of nitrogens with zero attached hydrogens (tertiary/aromatic N) is 3. The van der Waals surface area contributed by atoms with Gasteiger partial charge in [0.2, 0.25) is 0 Å². The molecule has 0 radical (unpaired) electrons. The lowest BCUT2D eigenvalue weighted by atomic mass is 10.2. The minimum absolute atomic E-state index is 0.629. The summed E-state index contributed by atoms with van der Waals surface area (Å²) in [4.78, 5) is 0. The first-order chi connectivity index (χ1) is 9.25. The summed E-state index contributed by atoms with van der Waals surface area (Å²) in [5, 5.41) is 17.5. The minimum atomic E-state index is 0.629. The molecule has 0 atom stereocenters. The number of hydrogen-bond donors (Lipinski definition) is 1. The quantitative estimate of drug-likeness (QED) is 0.778. The number of aromatic nitrogens is 3. The fourth-order valence-electron chi connectivity index (χ4n) is 2.08. The van der Waals surface area contributed by atoms with Crippen molar-refractivity contribution in [1.82, 2.24) is 15.4 Å². The Kier molecular flexibility index (Phi) is 2.87. The van der Waals surface area contributed by atoms with Crippen LogP contribution in [-0.4, -0.2) is 15.4 Å². The molecule has 5 heteroatoms.